The van der Waals surface area contributed by atoms with Crippen molar-refractivity contribution in [3.63, 3.8) is 0 Å². The normalized spacial score (nSPS) is 16.5. The van der Waals surface area contributed by atoms with Crippen LogP contribution in [0.15, 0.2) is 40.9 Å². The molecule has 2 fully saturated rings. The topological polar surface area (TPSA) is 104 Å². The van der Waals surface area contributed by atoms with Gasteiger partial charge in [0.1, 0.15) is 5.82 Å². The molecule has 9 nitrogen and oxygen atoms in total. The van der Waals surface area contributed by atoms with Crippen molar-refractivity contribution < 1.29 is 27.2 Å². The van der Waals surface area contributed by atoms with Crippen LogP contribution in [-0.2, 0) is 6.18 Å². The zero-order valence-electron chi connectivity index (χ0n) is 21.8. The highest BCUT2D eigenvalue weighted by molar-refractivity contribution is 6.39. The van der Waals surface area contributed by atoms with E-state index in [9.17, 15) is 22.8 Å². The Labute approximate surface area is 244 Å². The quantitative estimate of drug-likeness (QED) is 0.351. The van der Waals surface area contributed by atoms with Crippen molar-refractivity contribution in [1.29, 1.82) is 0 Å². The predicted octanol–water partition coefficient (Wildman–Crippen LogP) is 6.04. The first-order valence-electron chi connectivity index (χ1n) is 13.2. The second-order valence-corrected chi connectivity index (χ2v) is 10.7. The predicted molar refractivity (Wildman–Crippen MR) is 149 cm³/mol. The van der Waals surface area contributed by atoms with Gasteiger partial charge in [-0.15, -0.1) is 0 Å². The van der Waals surface area contributed by atoms with Crippen molar-refractivity contribution in [2.24, 2.45) is 0 Å². The van der Waals surface area contributed by atoms with Crippen molar-refractivity contribution >= 4 is 52.5 Å². The van der Waals surface area contributed by atoms with Crippen LogP contribution in [0.25, 0.3) is 0 Å². The van der Waals surface area contributed by atoms with Crippen LogP contribution in [-0.4, -0.2) is 54.0 Å². The average Bonchev–Trinajstić information content (AvgIpc) is 3.41. The smallest absolute Gasteiger partial charge is 0.417 e. The van der Waals surface area contributed by atoms with Gasteiger partial charge in [-0.1, -0.05) is 29.3 Å². The van der Waals surface area contributed by atoms with Gasteiger partial charge in [0, 0.05) is 32.2 Å². The Balaban J connectivity index is 1.19. The zero-order chi connectivity index (χ0) is 29.1. The van der Waals surface area contributed by atoms with Crippen molar-refractivity contribution in [1.82, 2.24) is 15.3 Å². The molecule has 14 heteroatoms. The van der Waals surface area contributed by atoms with Gasteiger partial charge in [-0.3, -0.25) is 9.59 Å². The van der Waals surface area contributed by atoms with Crippen LogP contribution in [0.3, 0.4) is 0 Å². The Hall–Kier alpha value is -3.51. The number of anilines is 3. The summed E-state index contributed by atoms with van der Waals surface area (Å²) in [6, 6.07) is 7.83. The summed E-state index contributed by atoms with van der Waals surface area (Å²) in [5.41, 5.74) is -0.901. The molecule has 0 atom stereocenters. The van der Waals surface area contributed by atoms with E-state index in [0.29, 0.717) is 44.8 Å². The van der Waals surface area contributed by atoms with Gasteiger partial charge in [0.25, 0.3) is 17.8 Å². The molecule has 1 aromatic carbocycles. The fourth-order valence-electron chi connectivity index (χ4n) is 4.94. The average molecular weight is 611 g/mol. The molecule has 3 aromatic rings. The van der Waals surface area contributed by atoms with Crippen molar-refractivity contribution in [2.75, 3.05) is 41.3 Å². The third-order valence-corrected chi connectivity index (χ3v) is 7.70. The van der Waals surface area contributed by atoms with Crippen LogP contribution < -0.4 is 20.4 Å². The monoisotopic (exact) mass is 610 g/mol. The summed E-state index contributed by atoms with van der Waals surface area (Å²) in [5, 5.41) is 5.97. The lowest BCUT2D eigenvalue weighted by Gasteiger charge is -2.33. The molecule has 5 rings (SSSR count). The standard InChI is InChI=1S/C27H27Cl2F3N6O3/c28-18-5-4-6-19(29)21(18)24(39)34-16-9-13-37(14-10-16)20-8-7-17(15-33-20)35-25(40)22-23(27(30,31)32)36-26(41-22)38-11-2-1-3-12-38/h4-8,15-16H,1-3,9-14H2,(H,34,39)(H,35,40). The van der Waals surface area contributed by atoms with Gasteiger partial charge in [0.05, 0.1) is 27.5 Å². The summed E-state index contributed by atoms with van der Waals surface area (Å²) in [6.07, 6.45) is 0.429. The largest absolute Gasteiger partial charge is 0.437 e. The summed E-state index contributed by atoms with van der Waals surface area (Å²) in [7, 11) is 0. The number of aromatic nitrogens is 2. The van der Waals surface area contributed by atoms with E-state index in [1.54, 1.807) is 35.2 Å². The number of nitrogens with zero attached hydrogens (tertiary/aromatic N) is 4. The van der Waals surface area contributed by atoms with Crippen molar-refractivity contribution in [2.45, 2.75) is 44.3 Å². The van der Waals surface area contributed by atoms with Gasteiger partial charge < -0.3 is 24.9 Å². The number of amides is 2. The number of nitrogens with one attached hydrogen (secondary N) is 2. The second-order valence-electron chi connectivity index (χ2n) is 9.91. The highest BCUT2D eigenvalue weighted by Crippen LogP contribution is 2.35. The number of halogens is 5. The molecule has 0 radical (unpaired) electrons. The minimum Gasteiger partial charge on any atom is -0.417 e. The molecule has 0 bridgehead atoms. The van der Waals surface area contributed by atoms with Gasteiger partial charge in [-0.05, 0) is 56.4 Å². The summed E-state index contributed by atoms with van der Waals surface area (Å²) >= 11 is 12.3. The van der Waals surface area contributed by atoms with Crippen molar-refractivity contribution in [3.8, 4) is 0 Å². The molecule has 0 aliphatic carbocycles. The van der Waals surface area contributed by atoms with Gasteiger partial charge >= 0.3 is 6.18 Å². The lowest BCUT2D eigenvalue weighted by atomic mass is 10.0. The first kappa shape index (κ1) is 29.0. The van der Waals surface area contributed by atoms with Crippen LogP contribution >= 0.6 is 23.2 Å². The third kappa shape index (κ3) is 6.70. The fraction of sp³-hybridized carbons (Fsp3) is 0.407. The summed E-state index contributed by atoms with van der Waals surface area (Å²) in [4.78, 5) is 37.1. The minimum atomic E-state index is -4.85. The highest BCUT2D eigenvalue weighted by Gasteiger charge is 2.42. The third-order valence-electron chi connectivity index (χ3n) is 7.07. The molecule has 0 unspecified atom stereocenters. The van der Waals surface area contributed by atoms with Crippen LogP contribution in [0.1, 0.15) is 58.7 Å². The molecule has 2 amide bonds. The number of carbonyl (C=O) groups excluding carboxylic acids is 2. The maximum Gasteiger partial charge on any atom is 0.437 e. The summed E-state index contributed by atoms with van der Waals surface area (Å²) in [6.45, 7) is 2.24. The molecular formula is C27H27Cl2F3N6O3. The van der Waals surface area contributed by atoms with E-state index in [-0.39, 0.29) is 39.3 Å². The van der Waals surface area contributed by atoms with Crippen LogP contribution in [0, 0.1) is 0 Å². The fourth-order valence-corrected chi connectivity index (χ4v) is 5.50. The number of pyridine rings is 1. The Bertz CT molecular complexity index is 1380. The Morgan fingerprint density at radius 2 is 1.61 bits per heavy atom. The second kappa shape index (κ2) is 12.2. The Morgan fingerprint density at radius 1 is 0.927 bits per heavy atom. The van der Waals surface area contributed by atoms with E-state index in [1.807, 2.05) is 4.90 Å². The lowest BCUT2D eigenvalue weighted by Crippen LogP contribution is -2.45. The highest BCUT2D eigenvalue weighted by atomic mass is 35.5. The first-order valence-corrected chi connectivity index (χ1v) is 14.0. The SMILES string of the molecule is O=C(Nc1ccc(N2CCC(NC(=O)c3c(Cl)cccc3Cl)CC2)nc1)c1oc(N2CCCCC2)nc1C(F)(F)F. The number of hydrogen-bond donors (Lipinski definition) is 2. The first-order chi connectivity index (χ1) is 19.6. The molecule has 2 aliphatic rings. The van der Waals surface area contributed by atoms with E-state index in [1.165, 1.54) is 6.20 Å². The van der Waals surface area contributed by atoms with E-state index < -0.39 is 23.5 Å². The van der Waals surface area contributed by atoms with Crippen molar-refractivity contribution in [3.05, 3.63) is 63.6 Å². The maximum atomic E-state index is 13.6. The van der Waals surface area contributed by atoms with E-state index in [0.717, 1.165) is 19.3 Å². The number of piperidine rings is 2. The Kier molecular flexibility index (Phi) is 8.60. The molecule has 2 aliphatic heterocycles. The number of hydrogen-bond acceptors (Lipinski definition) is 7. The van der Waals surface area contributed by atoms with Gasteiger partial charge in [-0.2, -0.15) is 18.2 Å². The van der Waals surface area contributed by atoms with Crippen LogP contribution in [0.2, 0.25) is 10.0 Å². The molecule has 41 heavy (non-hydrogen) atoms. The van der Waals surface area contributed by atoms with E-state index in [4.69, 9.17) is 27.6 Å². The molecule has 2 aromatic heterocycles. The number of alkyl halides is 3. The number of rotatable bonds is 6. The molecule has 0 saturated carbocycles. The summed E-state index contributed by atoms with van der Waals surface area (Å²) in [5.74, 6) is -1.65. The summed E-state index contributed by atoms with van der Waals surface area (Å²) < 4.78 is 46.2. The lowest BCUT2D eigenvalue weighted by molar-refractivity contribution is -0.141. The van der Waals surface area contributed by atoms with Gasteiger partial charge in [0.2, 0.25) is 5.76 Å². The molecular weight excluding hydrogens is 584 g/mol. The van der Waals surface area contributed by atoms with E-state index in [2.05, 4.69) is 20.6 Å². The number of carbonyl (C=O) groups is 2. The minimum absolute atomic E-state index is 0.0794. The molecule has 218 valence electrons. The van der Waals surface area contributed by atoms with Crippen LogP contribution in [0.4, 0.5) is 30.7 Å². The molecule has 0 spiro atoms. The molecule has 2 N–H and O–H groups in total. The van der Waals surface area contributed by atoms with Gasteiger partial charge in [0.15, 0.2) is 5.69 Å². The van der Waals surface area contributed by atoms with Crippen LogP contribution in [0.5, 0.6) is 0 Å². The molecule has 2 saturated heterocycles. The zero-order valence-corrected chi connectivity index (χ0v) is 23.3. The van der Waals surface area contributed by atoms with Gasteiger partial charge in [-0.25, -0.2) is 4.98 Å². The molecule has 4 heterocycles. The maximum absolute atomic E-state index is 13.6. The number of benzene rings is 1. The van der Waals surface area contributed by atoms with E-state index >= 15 is 0 Å². The Morgan fingerprint density at radius 3 is 2.22 bits per heavy atom. The number of oxazole rings is 1.